The molecule has 1 aliphatic heterocycles. The maximum atomic E-state index is 14.7. The standard InChI is InChI=1S/C23H27F3O2/c1-3-5-15-7-11-20(23(26)22(15)25)19-10-8-16(12-21(19)24)17-6-9-18(28-13-17)14-27-4-2/h7-8,10-12,17-18H,3-6,9,13-14H2,1-2H3. The molecule has 0 radical (unpaired) electrons. The van der Waals surface area contributed by atoms with Gasteiger partial charge in [0.1, 0.15) is 5.82 Å². The summed E-state index contributed by atoms with van der Waals surface area (Å²) in [4.78, 5) is 0. The average molecular weight is 392 g/mol. The van der Waals surface area contributed by atoms with Gasteiger partial charge in [0, 0.05) is 23.7 Å². The van der Waals surface area contributed by atoms with Crippen LogP contribution in [0.4, 0.5) is 13.2 Å². The van der Waals surface area contributed by atoms with E-state index in [0.29, 0.717) is 38.2 Å². The van der Waals surface area contributed by atoms with E-state index in [4.69, 9.17) is 9.47 Å². The number of ether oxygens (including phenoxy) is 2. The SMILES string of the molecule is CCCc1ccc(-c2ccc(C3CCC(COCC)OC3)cc2F)c(F)c1F. The third-order valence-electron chi connectivity index (χ3n) is 5.31. The van der Waals surface area contributed by atoms with E-state index in [0.717, 1.165) is 18.4 Å². The maximum Gasteiger partial charge on any atom is 0.167 e. The number of benzene rings is 2. The molecule has 3 rings (SSSR count). The molecule has 0 aromatic heterocycles. The van der Waals surface area contributed by atoms with Crippen LogP contribution in [0.15, 0.2) is 30.3 Å². The molecule has 0 spiro atoms. The van der Waals surface area contributed by atoms with E-state index in [1.165, 1.54) is 24.3 Å². The molecular formula is C23H27F3O2. The second kappa shape index (κ2) is 9.57. The van der Waals surface area contributed by atoms with Gasteiger partial charge in [-0.25, -0.2) is 13.2 Å². The van der Waals surface area contributed by atoms with Crippen molar-refractivity contribution in [1.82, 2.24) is 0 Å². The summed E-state index contributed by atoms with van der Waals surface area (Å²) in [5.41, 5.74) is 1.17. The van der Waals surface area contributed by atoms with E-state index in [-0.39, 0.29) is 23.1 Å². The minimum Gasteiger partial charge on any atom is -0.379 e. The number of halogens is 3. The summed E-state index contributed by atoms with van der Waals surface area (Å²) in [6, 6.07) is 7.74. The average Bonchev–Trinajstić information content (AvgIpc) is 2.71. The molecule has 0 N–H and O–H groups in total. The summed E-state index contributed by atoms with van der Waals surface area (Å²) >= 11 is 0. The van der Waals surface area contributed by atoms with Gasteiger partial charge < -0.3 is 9.47 Å². The minimum atomic E-state index is -0.989. The van der Waals surface area contributed by atoms with Gasteiger partial charge in [0.2, 0.25) is 0 Å². The Kier molecular flexibility index (Phi) is 7.13. The number of rotatable bonds is 7. The van der Waals surface area contributed by atoms with Crippen LogP contribution in [0.2, 0.25) is 0 Å². The molecule has 2 unspecified atom stereocenters. The van der Waals surface area contributed by atoms with Gasteiger partial charge in [0.15, 0.2) is 11.6 Å². The number of hydrogen-bond acceptors (Lipinski definition) is 2. The van der Waals surface area contributed by atoms with Gasteiger partial charge in [-0.05, 0) is 43.4 Å². The molecule has 0 aliphatic carbocycles. The van der Waals surface area contributed by atoms with E-state index in [9.17, 15) is 13.2 Å². The van der Waals surface area contributed by atoms with Crippen molar-refractivity contribution in [2.24, 2.45) is 0 Å². The topological polar surface area (TPSA) is 18.5 Å². The molecule has 1 saturated heterocycles. The molecule has 1 aliphatic rings. The Bertz CT molecular complexity index is 799. The van der Waals surface area contributed by atoms with Crippen molar-refractivity contribution in [3.05, 3.63) is 58.9 Å². The Morgan fingerprint density at radius 2 is 1.79 bits per heavy atom. The highest BCUT2D eigenvalue weighted by atomic mass is 19.2. The number of aryl methyl sites for hydroxylation is 1. The van der Waals surface area contributed by atoms with Crippen molar-refractivity contribution in [3.63, 3.8) is 0 Å². The Morgan fingerprint density at radius 1 is 1.00 bits per heavy atom. The third kappa shape index (κ3) is 4.58. The lowest BCUT2D eigenvalue weighted by Crippen LogP contribution is -2.28. The van der Waals surface area contributed by atoms with Crippen molar-refractivity contribution in [3.8, 4) is 11.1 Å². The van der Waals surface area contributed by atoms with Gasteiger partial charge in [-0.3, -0.25) is 0 Å². The van der Waals surface area contributed by atoms with Crippen LogP contribution in [0.3, 0.4) is 0 Å². The van der Waals surface area contributed by atoms with Gasteiger partial charge in [-0.2, -0.15) is 0 Å². The smallest absolute Gasteiger partial charge is 0.167 e. The van der Waals surface area contributed by atoms with Crippen LogP contribution in [-0.2, 0) is 15.9 Å². The predicted molar refractivity (Wildman–Crippen MR) is 104 cm³/mol. The highest BCUT2D eigenvalue weighted by Gasteiger charge is 2.24. The van der Waals surface area contributed by atoms with Crippen LogP contribution in [-0.4, -0.2) is 25.9 Å². The first-order valence-electron chi connectivity index (χ1n) is 10.0. The monoisotopic (exact) mass is 392 g/mol. The summed E-state index contributed by atoms with van der Waals surface area (Å²) in [5.74, 6) is -2.33. The molecule has 2 atom stereocenters. The summed E-state index contributed by atoms with van der Waals surface area (Å²) < 4.78 is 54.7. The second-order valence-corrected chi connectivity index (χ2v) is 7.28. The molecule has 0 saturated carbocycles. The zero-order chi connectivity index (χ0) is 20.1. The highest BCUT2D eigenvalue weighted by molar-refractivity contribution is 5.66. The predicted octanol–water partition coefficient (Wildman–Crippen LogP) is 6.02. The molecule has 0 amide bonds. The van der Waals surface area contributed by atoms with Gasteiger partial charge in [-0.15, -0.1) is 0 Å². The van der Waals surface area contributed by atoms with Crippen LogP contribution in [0.1, 0.15) is 50.2 Å². The second-order valence-electron chi connectivity index (χ2n) is 7.28. The fraction of sp³-hybridized carbons (Fsp3) is 0.478. The van der Waals surface area contributed by atoms with Gasteiger partial charge in [0.05, 0.1) is 19.3 Å². The van der Waals surface area contributed by atoms with Crippen molar-refractivity contribution in [2.75, 3.05) is 19.8 Å². The molecule has 2 aromatic rings. The molecular weight excluding hydrogens is 365 g/mol. The first kappa shape index (κ1) is 20.9. The normalized spacial score (nSPS) is 19.8. The lowest BCUT2D eigenvalue weighted by atomic mass is 9.90. The molecule has 5 heteroatoms. The van der Waals surface area contributed by atoms with Crippen LogP contribution in [0.5, 0.6) is 0 Å². The highest BCUT2D eigenvalue weighted by Crippen LogP contribution is 2.33. The Morgan fingerprint density at radius 3 is 2.43 bits per heavy atom. The fourth-order valence-electron chi connectivity index (χ4n) is 3.71. The van der Waals surface area contributed by atoms with Crippen LogP contribution in [0.25, 0.3) is 11.1 Å². The Hall–Kier alpha value is -1.85. The zero-order valence-electron chi connectivity index (χ0n) is 16.4. The van der Waals surface area contributed by atoms with Gasteiger partial charge in [-0.1, -0.05) is 37.6 Å². The van der Waals surface area contributed by atoms with Crippen molar-refractivity contribution in [1.29, 1.82) is 0 Å². The van der Waals surface area contributed by atoms with Crippen molar-refractivity contribution in [2.45, 2.75) is 51.6 Å². The van der Waals surface area contributed by atoms with Crippen LogP contribution >= 0.6 is 0 Å². The lowest BCUT2D eigenvalue weighted by Gasteiger charge is -2.29. The third-order valence-corrected chi connectivity index (χ3v) is 5.31. The van der Waals surface area contributed by atoms with Gasteiger partial charge >= 0.3 is 0 Å². The van der Waals surface area contributed by atoms with E-state index in [1.807, 2.05) is 13.8 Å². The van der Waals surface area contributed by atoms with E-state index >= 15 is 0 Å². The van der Waals surface area contributed by atoms with Gasteiger partial charge in [0.25, 0.3) is 0 Å². The quantitative estimate of drug-likeness (QED) is 0.573. The molecule has 1 heterocycles. The zero-order valence-corrected chi connectivity index (χ0v) is 16.4. The summed E-state index contributed by atoms with van der Waals surface area (Å²) in [6.07, 6.45) is 2.99. The van der Waals surface area contributed by atoms with Crippen molar-refractivity contribution >= 4 is 0 Å². The minimum absolute atomic E-state index is 0.0434. The van der Waals surface area contributed by atoms with Crippen LogP contribution < -0.4 is 0 Å². The number of hydrogen-bond donors (Lipinski definition) is 0. The first-order valence-corrected chi connectivity index (χ1v) is 10.0. The Balaban J connectivity index is 1.76. The van der Waals surface area contributed by atoms with E-state index in [1.54, 1.807) is 6.07 Å². The lowest BCUT2D eigenvalue weighted by molar-refractivity contribution is -0.0460. The summed E-state index contributed by atoms with van der Waals surface area (Å²) in [5, 5.41) is 0. The molecule has 2 aromatic carbocycles. The largest absolute Gasteiger partial charge is 0.379 e. The maximum absolute atomic E-state index is 14.7. The first-order chi connectivity index (χ1) is 13.5. The molecule has 1 fully saturated rings. The molecule has 0 bridgehead atoms. The summed E-state index contributed by atoms with van der Waals surface area (Å²) in [6.45, 7) is 5.59. The molecule has 2 nitrogen and oxygen atoms in total. The molecule has 28 heavy (non-hydrogen) atoms. The Labute approximate surface area is 164 Å². The molecule has 152 valence electrons. The summed E-state index contributed by atoms with van der Waals surface area (Å²) in [7, 11) is 0. The van der Waals surface area contributed by atoms with Crippen molar-refractivity contribution < 1.29 is 22.6 Å². The van der Waals surface area contributed by atoms with E-state index in [2.05, 4.69) is 0 Å². The van der Waals surface area contributed by atoms with Crippen LogP contribution in [0, 0.1) is 17.5 Å². The fourth-order valence-corrected chi connectivity index (χ4v) is 3.71. The van der Waals surface area contributed by atoms with E-state index < -0.39 is 17.5 Å².